The zero-order valence-electron chi connectivity index (χ0n) is 15.4. The number of benzene rings is 1. The molecular formula is C21H25N3O2. The molecule has 1 saturated heterocycles. The summed E-state index contributed by atoms with van der Waals surface area (Å²) in [6.07, 6.45) is 2.91. The molecule has 0 spiro atoms. The first kappa shape index (κ1) is 16.9. The van der Waals surface area contributed by atoms with Crippen molar-refractivity contribution in [2.45, 2.75) is 39.2 Å². The third kappa shape index (κ3) is 3.02. The summed E-state index contributed by atoms with van der Waals surface area (Å²) in [7, 11) is 0. The Kier molecular flexibility index (Phi) is 4.31. The van der Waals surface area contributed by atoms with Gasteiger partial charge in [-0.15, -0.1) is 0 Å². The zero-order chi connectivity index (χ0) is 18.3. The van der Waals surface area contributed by atoms with Crippen LogP contribution in [0.4, 0.5) is 5.69 Å². The van der Waals surface area contributed by atoms with E-state index in [-0.39, 0.29) is 17.5 Å². The number of piperazine rings is 1. The van der Waals surface area contributed by atoms with Crippen LogP contribution in [0.1, 0.15) is 40.5 Å². The van der Waals surface area contributed by atoms with Crippen LogP contribution in [0.3, 0.4) is 0 Å². The third-order valence-electron chi connectivity index (χ3n) is 5.61. The molecule has 1 aromatic carbocycles. The number of nitrogens with zero attached hydrogens (tertiary/aromatic N) is 2. The quantitative estimate of drug-likeness (QED) is 0.905. The van der Waals surface area contributed by atoms with E-state index in [9.17, 15) is 9.59 Å². The molecule has 0 bridgehead atoms. The van der Waals surface area contributed by atoms with Crippen molar-refractivity contribution in [3.8, 4) is 0 Å². The van der Waals surface area contributed by atoms with E-state index in [2.05, 4.69) is 48.0 Å². The lowest BCUT2D eigenvalue weighted by atomic mass is 10.1. The number of rotatable bonds is 2. The van der Waals surface area contributed by atoms with Gasteiger partial charge in [-0.3, -0.25) is 9.59 Å². The van der Waals surface area contributed by atoms with Crippen molar-refractivity contribution in [3.63, 3.8) is 0 Å². The van der Waals surface area contributed by atoms with Gasteiger partial charge in [0.15, 0.2) is 0 Å². The van der Waals surface area contributed by atoms with Crippen LogP contribution in [-0.2, 0) is 12.8 Å². The number of aromatic nitrogens is 1. The molecule has 1 fully saturated rings. The predicted molar refractivity (Wildman–Crippen MR) is 103 cm³/mol. The van der Waals surface area contributed by atoms with E-state index in [1.165, 1.54) is 11.3 Å². The molecule has 2 aliphatic rings. The van der Waals surface area contributed by atoms with Crippen LogP contribution in [0.15, 0.2) is 35.1 Å². The number of H-pyrrole nitrogens is 1. The molecule has 5 heteroatoms. The Morgan fingerprint density at radius 3 is 2.65 bits per heavy atom. The normalized spacial score (nSPS) is 19.5. The molecule has 1 amide bonds. The van der Waals surface area contributed by atoms with Crippen molar-refractivity contribution in [2.24, 2.45) is 0 Å². The minimum absolute atomic E-state index is 0.0604. The molecule has 0 saturated carbocycles. The number of carbonyl (C=O) groups is 1. The number of fused-ring (bicyclic) bond motifs is 1. The Hall–Kier alpha value is -2.56. The summed E-state index contributed by atoms with van der Waals surface area (Å²) in [5.41, 5.74) is 4.60. The van der Waals surface area contributed by atoms with Crippen LogP contribution in [0, 0.1) is 6.92 Å². The Morgan fingerprint density at radius 2 is 1.92 bits per heavy atom. The number of amides is 1. The average molecular weight is 351 g/mol. The maximum Gasteiger partial charge on any atom is 0.261 e. The summed E-state index contributed by atoms with van der Waals surface area (Å²) >= 11 is 0. The Balaban J connectivity index is 1.52. The first-order valence-electron chi connectivity index (χ1n) is 9.40. The summed E-state index contributed by atoms with van der Waals surface area (Å²) in [6, 6.07) is 10.4. The summed E-state index contributed by atoms with van der Waals surface area (Å²) in [4.78, 5) is 32.4. The van der Waals surface area contributed by atoms with E-state index < -0.39 is 0 Å². The number of nitrogens with one attached hydrogen (secondary N) is 1. The third-order valence-corrected chi connectivity index (χ3v) is 5.61. The number of hydrogen-bond acceptors (Lipinski definition) is 3. The lowest BCUT2D eigenvalue weighted by Crippen LogP contribution is -2.54. The number of hydrogen-bond donors (Lipinski definition) is 1. The van der Waals surface area contributed by atoms with Gasteiger partial charge in [-0.25, -0.2) is 0 Å². The Labute approximate surface area is 153 Å². The van der Waals surface area contributed by atoms with Crippen molar-refractivity contribution in [1.29, 1.82) is 0 Å². The molecule has 136 valence electrons. The van der Waals surface area contributed by atoms with Crippen LogP contribution < -0.4 is 10.5 Å². The fourth-order valence-corrected chi connectivity index (χ4v) is 4.08. The van der Waals surface area contributed by atoms with Crippen molar-refractivity contribution >= 4 is 11.6 Å². The fraction of sp³-hybridized carbons (Fsp3) is 0.429. The number of pyridine rings is 1. The van der Waals surface area contributed by atoms with E-state index in [0.29, 0.717) is 12.1 Å². The first-order chi connectivity index (χ1) is 12.5. The van der Waals surface area contributed by atoms with Crippen LogP contribution in [0.5, 0.6) is 0 Å². The number of aromatic amines is 1. The maximum atomic E-state index is 13.0. The first-order valence-corrected chi connectivity index (χ1v) is 9.40. The second-order valence-electron chi connectivity index (χ2n) is 7.50. The molecular weight excluding hydrogens is 326 g/mol. The smallest absolute Gasteiger partial charge is 0.261 e. The van der Waals surface area contributed by atoms with Gasteiger partial charge in [0, 0.05) is 37.1 Å². The number of carbonyl (C=O) groups excluding carboxylic acids is 1. The molecule has 1 N–H and O–H groups in total. The van der Waals surface area contributed by atoms with Crippen molar-refractivity contribution in [2.75, 3.05) is 24.5 Å². The number of anilines is 1. The molecule has 26 heavy (non-hydrogen) atoms. The second kappa shape index (κ2) is 6.63. The Bertz CT molecular complexity index is 885. The highest BCUT2D eigenvalue weighted by molar-refractivity contribution is 5.94. The Morgan fingerprint density at radius 1 is 1.15 bits per heavy atom. The zero-order valence-corrected chi connectivity index (χ0v) is 15.4. The highest BCUT2D eigenvalue weighted by Crippen LogP contribution is 2.22. The molecule has 0 unspecified atom stereocenters. The number of aryl methyl sites for hydroxylation is 3. The van der Waals surface area contributed by atoms with Gasteiger partial charge in [-0.1, -0.05) is 17.7 Å². The van der Waals surface area contributed by atoms with Gasteiger partial charge in [-0.05, 0) is 56.9 Å². The highest BCUT2D eigenvalue weighted by atomic mass is 16.2. The molecule has 4 rings (SSSR count). The highest BCUT2D eigenvalue weighted by Gasteiger charge is 2.30. The lowest BCUT2D eigenvalue weighted by Gasteiger charge is -2.41. The maximum absolute atomic E-state index is 13.0. The minimum Gasteiger partial charge on any atom is -0.368 e. The molecule has 1 aliphatic carbocycles. The predicted octanol–water partition coefficient (Wildman–Crippen LogP) is 2.52. The van der Waals surface area contributed by atoms with Crippen LogP contribution in [0.25, 0.3) is 0 Å². The summed E-state index contributed by atoms with van der Waals surface area (Å²) in [5.74, 6) is -0.142. The van der Waals surface area contributed by atoms with E-state index in [4.69, 9.17) is 0 Å². The van der Waals surface area contributed by atoms with E-state index in [1.807, 2.05) is 11.0 Å². The lowest BCUT2D eigenvalue weighted by molar-refractivity contribution is 0.0672. The second-order valence-corrected chi connectivity index (χ2v) is 7.50. The fourth-order valence-electron chi connectivity index (χ4n) is 4.08. The molecule has 5 nitrogen and oxygen atoms in total. The molecule has 2 aromatic rings. The molecule has 0 radical (unpaired) electrons. The van der Waals surface area contributed by atoms with Gasteiger partial charge in [0.1, 0.15) is 5.56 Å². The van der Waals surface area contributed by atoms with Crippen LogP contribution in [0.2, 0.25) is 0 Å². The van der Waals surface area contributed by atoms with Gasteiger partial charge in [0.05, 0.1) is 0 Å². The van der Waals surface area contributed by atoms with Crippen molar-refractivity contribution in [3.05, 3.63) is 63.1 Å². The van der Waals surface area contributed by atoms with Gasteiger partial charge in [0.2, 0.25) is 0 Å². The van der Waals surface area contributed by atoms with E-state index >= 15 is 0 Å². The molecule has 1 atom stereocenters. The summed E-state index contributed by atoms with van der Waals surface area (Å²) < 4.78 is 0. The van der Waals surface area contributed by atoms with Crippen LogP contribution in [-0.4, -0.2) is 41.5 Å². The largest absolute Gasteiger partial charge is 0.368 e. The molecule has 1 aromatic heterocycles. The van der Waals surface area contributed by atoms with E-state index in [1.54, 1.807) is 0 Å². The summed E-state index contributed by atoms with van der Waals surface area (Å²) in [6.45, 7) is 6.32. The molecule has 1 aliphatic heterocycles. The SMILES string of the molecule is Cc1ccc(N2CCN(C(=O)c3cc4c([nH]c3=O)CCC4)[C@H](C)C2)cc1. The van der Waals surface area contributed by atoms with Crippen LogP contribution >= 0.6 is 0 Å². The van der Waals surface area contributed by atoms with Gasteiger partial charge in [0.25, 0.3) is 11.5 Å². The van der Waals surface area contributed by atoms with Gasteiger partial charge in [-0.2, -0.15) is 0 Å². The van der Waals surface area contributed by atoms with Crippen molar-refractivity contribution < 1.29 is 4.79 Å². The van der Waals surface area contributed by atoms with Gasteiger partial charge < -0.3 is 14.8 Å². The average Bonchev–Trinajstić information content (AvgIpc) is 3.08. The minimum atomic E-state index is -0.246. The topological polar surface area (TPSA) is 56.4 Å². The molecule has 2 heterocycles. The van der Waals surface area contributed by atoms with Gasteiger partial charge >= 0.3 is 0 Å². The van der Waals surface area contributed by atoms with E-state index in [0.717, 1.165) is 43.6 Å². The standard InChI is InChI=1S/C21H25N3O2/c1-14-6-8-17(9-7-14)23-10-11-24(15(2)13-23)21(26)18-12-16-4-3-5-19(16)22-20(18)25/h6-9,12,15H,3-5,10-11,13H2,1-2H3,(H,22,25)/t15-/m1/s1. The summed E-state index contributed by atoms with van der Waals surface area (Å²) in [5, 5.41) is 0. The van der Waals surface area contributed by atoms with Crippen molar-refractivity contribution in [1.82, 2.24) is 9.88 Å². The monoisotopic (exact) mass is 351 g/mol.